The van der Waals surface area contributed by atoms with Crippen LogP contribution in [0.1, 0.15) is 10.4 Å². The highest BCUT2D eigenvalue weighted by molar-refractivity contribution is 7.88. The Hall–Kier alpha value is -1.80. The lowest BCUT2D eigenvalue weighted by molar-refractivity contribution is 0.102. The Kier molecular flexibility index (Phi) is 5.95. The van der Waals surface area contributed by atoms with Gasteiger partial charge in [-0.3, -0.25) is 4.79 Å². The molecule has 2 aromatic rings. The summed E-state index contributed by atoms with van der Waals surface area (Å²) in [6.07, 6.45) is 1.23. The summed E-state index contributed by atoms with van der Waals surface area (Å²) in [6.45, 7) is 2.19. The molecule has 0 bridgehead atoms. The Morgan fingerprint density at radius 2 is 1.59 bits per heavy atom. The smallest absolute Gasteiger partial charge is 0.255 e. The van der Waals surface area contributed by atoms with Crippen LogP contribution in [0.4, 0.5) is 11.4 Å². The first-order chi connectivity index (χ1) is 12.7. The first-order valence-electron chi connectivity index (χ1n) is 8.30. The zero-order valence-electron chi connectivity index (χ0n) is 14.7. The summed E-state index contributed by atoms with van der Waals surface area (Å²) >= 11 is 11.8. The molecule has 0 aliphatic carbocycles. The quantitative estimate of drug-likeness (QED) is 0.811. The van der Waals surface area contributed by atoms with Gasteiger partial charge in [0.25, 0.3) is 5.91 Å². The summed E-state index contributed by atoms with van der Waals surface area (Å²) in [6, 6.07) is 12.1. The molecule has 144 valence electrons. The molecular formula is C18H19Cl2N3O3S. The molecule has 0 atom stereocenters. The molecule has 1 amide bonds. The topological polar surface area (TPSA) is 69.7 Å². The van der Waals surface area contributed by atoms with Crippen molar-refractivity contribution in [3.8, 4) is 0 Å². The molecule has 2 aromatic carbocycles. The lowest BCUT2D eigenvalue weighted by Crippen LogP contribution is -2.48. The molecule has 1 N–H and O–H groups in total. The molecule has 27 heavy (non-hydrogen) atoms. The van der Waals surface area contributed by atoms with E-state index in [-0.39, 0.29) is 5.91 Å². The Morgan fingerprint density at radius 3 is 2.15 bits per heavy atom. The van der Waals surface area contributed by atoms with Gasteiger partial charge in [-0.15, -0.1) is 0 Å². The van der Waals surface area contributed by atoms with Gasteiger partial charge in [0.2, 0.25) is 10.0 Å². The third-order valence-electron chi connectivity index (χ3n) is 4.38. The van der Waals surface area contributed by atoms with Crippen LogP contribution in [0.15, 0.2) is 42.5 Å². The van der Waals surface area contributed by atoms with Crippen molar-refractivity contribution >= 4 is 50.5 Å². The van der Waals surface area contributed by atoms with E-state index < -0.39 is 10.0 Å². The van der Waals surface area contributed by atoms with Crippen molar-refractivity contribution in [2.24, 2.45) is 0 Å². The first kappa shape index (κ1) is 19.9. The number of rotatable bonds is 4. The molecule has 0 radical (unpaired) electrons. The minimum atomic E-state index is -3.14. The number of sulfonamides is 1. The summed E-state index contributed by atoms with van der Waals surface area (Å²) in [4.78, 5) is 14.4. The highest BCUT2D eigenvalue weighted by Gasteiger charge is 2.23. The maximum atomic E-state index is 12.3. The highest BCUT2D eigenvalue weighted by Crippen LogP contribution is 2.24. The number of piperazine rings is 1. The van der Waals surface area contributed by atoms with Crippen LogP contribution in [0, 0.1) is 0 Å². The van der Waals surface area contributed by atoms with Gasteiger partial charge >= 0.3 is 0 Å². The molecule has 1 aliphatic rings. The van der Waals surface area contributed by atoms with Crippen molar-refractivity contribution in [2.75, 3.05) is 42.7 Å². The average Bonchev–Trinajstić information content (AvgIpc) is 2.64. The molecule has 3 rings (SSSR count). The molecule has 9 heteroatoms. The lowest BCUT2D eigenvalue weighted by atomic mass is 10.2. The summed E-state index contributed by atoms with van der Waals surface area (Å²) in [5, 5.41) is 3.54. The SMILES string of the molecule is CS(=O)(=O)N1CCN(c2ccc(NC(=O)c3ccc(Cl)c(Cl)c3)cc2)CC1. The maximum Gasteiger partial charge on any atom is 0.255 e. The van der Waals surface area contributed by atoms with E-state index in [1.54, 1.807) is 12.1 Å². The van der Waals surface area contributed by atoms with E-state index in [2.05, 4.69) is 10.2 Å². The average molecular weight is 428 g/mol. The molecule has 1 heterocycles. The fraction of sp³-hybridized carbons (Fsp3) is 0.278. The van der Waals surface area contributed by atoms with E-state index in [1.807, 2.05) is 24.3 Å². The normalized spacial score (nSPS) is 15.6. The van der Waals surface area contributed by atoms with Crippen LogP contribution in [-0.2, 0) is 10.0 Å². The van der Waals surface area contributed by atoms with Crippen LogP contribution >= 0.6 is 23.2 Å². The number of benzene rings is 2. The largest absolute Gasteiger partial charge is 0.369 e. The minimum Gasteiger partial charge on any atom is -0.369 e. The number of carbonyl (C=O) groups excluding carboxylic acids is 1. The van der Waals surface area contributed by atoms with Gasteiger partial charge in [-0.1, -0.05) is 23.2 Å². The fourth-order valence-electron chi connectivity index (χ4n) is 2.87. The summed E-state index contributed by atoms with van der Waals surface area (Å²) in [5.41, 5.74) is 2.06. The summed E-state index contributed by atoms with van der Waals surface area (Å²) in [5.74, 6) is -0.275. The predicted octanol–water partition coefficient (Wildman–Crippen LogP) is 3.33. The second kappa shape index (κ2) is 8.06. The molecule has 1 fully saturated rings. The molecule has 0 spiro atoms. The third-order valence-corrected chi connectivity index (χ3v) is 6.42. The molecule has 1 saturated heterocycles. The highest BCUT2D eigenvalue weighted by atomic mass is 35.5. The second-order valence-electron chi connectivity index (χ2n) is 6.28. The molecule has 0 aromatic heterocycles. The molecule has 1 aliphatic heterocycles. The molecule has 0 saturated carbocycles. The van der Waals surface area contributed by atoms with E-state index in [4.69, 9.17) is 23.2 Å². The van der Waals surface area contributed by atoms with Crippen molar-refractivity contribution in [1.82, 2.24) is 4.31 Å². The molecule has 0 unspecified atom stereocenters. The zero-order chi connectivity index (χ0) is 19.6. The predicted molar refractivity (Wildman–Crippen MR) is 109 cm³/mol. The first-order valence-corrected chi connectivity index (χ1v) is 10.9. The minimum absolute atomic E-state index is 0.275. The van der Waals surface area contributed by atoms with Crippen LogP contribution in [-0.4, -0.2) is 51.1 Å². The second-order valence-corrected chi connectivity index (χ2v) is 9.08. The van der Waals surface area contributed by atoms with Crippen LogP contribution in [0.2, 0.25) is 10.0 Å². The number of hydrogen-bond acceptors (Lipinski definition) is 4. The van der Waals surface area contributed by atoms with Crippen molar-refractivity contribution in [1.29, 1.82) is 0 Å². The van der Waals surface area contributed by atoms with Crippen molar-refractivity contribution in [2.45, 2.75) is 0 Å². The number of nitrogens with one attached hydrogen (secondary N) is 1. The van der Waals surface area contributed by atoms with Crippen molar-refractivity contribution in [3.05, 3.63) is 58.1 Å². The third kappa shape index (κ3) is 4.93. The van der Waals surface area contributed by atoms with Crippen molar-refractivity contribution < 1.29 is 13.2 Å². The van der Waals surface area contributed by atoms with E-state index in [0.717, 1.165) is 5.69 Å². The summed E-state index contributed by atoms with van der Waals surface area (Å²) in [7, 11) is -3.14. The number of carbonyl (C=O) groups is 1. The van der Waals surface area contributed by atoms with E-state index >= 15 is 0 Å². The maximum absolute atomic E-state index is 12.3. The Labute approximate surface area is 168 Å². The van der Waals surface area contributed by atoms with Gasteiger partial charge in [0.1, 0.15) is 0 Å². The van der Waals surface area contributed by atoms with Gasteiger partial charge in [-0.05, 0) is 42.5 Å². The summed E-state index contributed by atoms with van der Waals surface area (Å²) < 4.78 is 24.7. The van der Waals surface area contributed by atoms with Gasteiger partial charge < -0.3 is 10.2 Å². The fourth-order valence-corrected chi connectivity index (χ4v) is 4.00. The van der Waals surface area contributed by atoms with Gasteiger partial charge in [-0.2, -0.15) is 4.31 Å². The van der Waals surface area contributed by atoms with E-state index in [0.29, 0.717) is 47.5 Å². The lowest BCUT2D eigenvalue weighted by Gasteiger charge is -2.34. The van der Waals surface area contributed by atoms with Gasteiger partial charge in [-0.25, -0.2) is 8.42 Å². The number of anilines is 2. The number of nitrogens with zero attached hydrogens (tertiary/aromatic N) is 2. The van der Waals surface area contributed by atoms with Gasteiger partial charge in [0, 0.05) is 43.1 Å². The standard InChI is InChI=1S/C18H19Cl2N3O3S/c1-27(25,26)23-10-8-22(9-11-23)15-5-3-14(4-6-15)21-18(24)13-2-7-16(19)17(20)12-13/h2-7,12H,8-11H2,1H3,(H,21,24). The van der Waals surface area contributed by atoms with Crippen LogP contribution in [0.3, 0.4) is 0 Å². The zero-order valence-corrected chi connectivity index (χ0v) is 17.0. The Morgan fingerprint density at radius 1 is 0.963 bits per heavy atom. The molecule has 6 nitrogen and oxygen atoms in total. The Bertz CT molecular complexity index is 941. The van der Waals surface area contributed by atoms with Gasteiger partial charge in [0.05, 0.1) is 16.3 Å². The van der Waals surface area contributed by atoms with Crippen LogP contribution in [0.5, 0.6) is 0 Å². The van der Waals surface area contributed by atoms with E-state index in [1.165, 1.54) is 16.6 Å². The van der Waals surface area contributed by atoms with E-state index in [9.17, 15) is 13.2 Å². The monoisotopic (exact) mass is 427 g/mol. The van der Waals surface area contributed by atoms with Gasteiger partial charge in [0.15, 0.2) is 0 Å². The van der Waals surface area contributed by atoms with Crippen molar-refractivity contribution in [3.63, 3.8) is 0 Å². The number of hydrogen-bond donors (Lipinski definition) is 1. The number of halogens is 2. The number of amides is 1. The Balaban J connectivity index is 1.62. The molecular weight excluding hydrogens is 409 g/mol. The van der Waals surface area contributed by atoms with Crippen LogP contribution in [0.25, 0.3) is 0 Å². The van der Waals surface area contributed by atoms with Crippen LogP contribution < -0.4 is 10.2 Å².